The van der Waals surface area contributed by atoms with Crippen molar-refractivity contribution in [2.75, 3.05) is 13.1 Å². The van der Waals surface area contributed by atoms with E-state index in [4.69, 9.17) is 5.73 Å². The molecule has 2 heteroatoms. The summed E-state index contributed by atoms with van der Waals surface area (Å²) in [6.07, 6.45) is 2.54. The Kier molecular flexibility index (Phi) is 4.19. The zero-order valence-electron chi connectivity index (χ0n) is 11.0. The minimum absolute atomic E-state index is 0.509. The Bertz CT molecular complexity index is 334. The highest BCUT2D eigenvalue weighted by Crippen LogP contribution is 2.36. The van der Waals surface area contributed by atoms with Gasteiger partial charge in [0.25, 0.3) is 0 Å². The van der Waals surface area contributed by atoms with Crippen molar-refractivity contribution in [1.82, 2.24) is 4.90 Å². The fourth-order valence-corrected chi connectivity index (χ4v) is 3.04. The molecule has 2 rings (SSSR count). The van der Waals surface area contributed by atoms with E-state index >= 15 is 0 Å². The molecule has 0 aromatic heterocycles. The van der Waals surface area contributed by atoms with Crippen LogP contribution in [0.3, 0.4) is 0 Å². The van der Waals surface area contributed by atoms with Crippen LogP contribution in [0.4, 0.5) is 0 Å². The molecule has 2 unspecified atom stereocenters. The highest BCUT2D eigenvalue weighted by atomic mass is 15.2. The summed E-state index contributed by atoms with van der Waals surface area (Å²) in [4.78, 5) is 2.61. The highest BCUT2D eigenvalue weighted by molar-refractivity contribution is 5.21. The van der Waals surface area contributed by atoms with Crippen molar-refractivity contribution in [3.8, 4) is 0 Å². The molecule has 1 aromatic rings. The van der Waals surface area contributed by atoms with E-state index in [1.165, 1.54) is 24.9 Å². The lowest BCUT2D eigenvalue weighted by molar-refractivity contribution is 0.0665. The predicted molar refractivity (Wildman–Crippen MR) is 72.8 cm³/mol. The Morgan fingerprint density at radius 3 is 2.59 bits per heavy atom. The molecule has 0 saturated carbocycles. The first-order valence-electron chi connectivity index (χ1n) is 6.74. The number of piperidine rings is 1. The Balaban J connectivity index is 2.28. The van der Waals surface area contributed by atoms with Gasteiger partial charge in [-0.05, 0) is 51.3 Å². The van der Waals surface area contributed by atoms with Crippen LogP contribution in [0.15, 0.2) is 30.3 Å². The maximum atomic E-state index is 5.97. The Labute approximate surface area is 105 Å². The zero-order valence-corrected chi connectivity index (χ0v) is 11.0. The van der Waals surface area contributed by atoms with Crippen LogP contribution in [0.1, 0.15) is 38.3 Å². The fraction of sp³-hybridized carbons (Fsp3) is 0.600. The monoisotopic (exact) mass is 232 g/mol. The zero-order chi connectivity index (χ0) is 12.3. The van der Waals surface area contributed by atoms with E-state index in [0.29, 0.717) is 18.0 Å². The smallest absolute Gasteiger partial charge is 0.0391 e. The lowest BCUT2D eigenvalue weighted by Crippen LogP contribution is -2.44. The van der Waals surface area contributed by atoms with Crippen LogP contribution in [0.25, 0.3) is 0 Å². The molecule has 1 saturated heterocycles. The van der Waals surface area contributed by atoms with Crippen molar-refractivity contribution in [3.05, 3.63) is 35.9 Å². The molecule has 1 aliphatic heterocycles. The minimum atomic E-state index is 0.509. The second-order valence-electron chi connectivity index (χ2n) is 5.33. The van der Waals surface area contributed by atoms with Gasteiger partial charge in [0, 0.05) is 12.1 Å². The molecule has 1 heterocycles. The van der Waals surface area contributed by atoms with Crippen LogP contribution in [0.2, 0.25) is 0 Å². The van der Waals surface area contributed by atoms with Crippen LogP contribution in [0.5, 0.6) is 0 Å². The third-order valence-corrected chi connectivity index (χ3v) is 3.90. The summed E-state index contributed by atoms with van der Waals surface area (Å²) in [6.45, 7) is 6.57. The van der Waals surface area contributed by atoms with E-state index in [0.717, 1.165) is 6.54 Å². The standard InChI is InChI=1S/C15H24N2/c1-12(2)17-10-6-9-14(11-16)15(17)13-7-4-3-5-8-13/h3-5,7-8,12,14-15H,6,9-11,16H2,1-2H3. The van der Waals surface area contributed by atoms with Crippen molar-refractivity contribution >= 4 is 0 Å². The Morgan fingerprint density at radius 2 is 2.00 bits per heavy atom. The van der Waals surface area contributed by atoms with Crippen molar-refractivity contribution in [1.29, 1.82) is 0 Å². The summed E-state index contributed by atoms with van der Waals surface area (Å²) in [6, 6.07) is 11.9. The van der Waals surface area contributed by atoms with Crippen LogP contribution in [-0.4, -0.2) is 24.0 Å². The summed E-state index contributed by atoms with van der Waals surface area (Å²) >= 11 is 0. The molecule has 0 aliphatic carbocycles. The number of hydrogen-bond acceptors (Lipinski definition) is 2. The van der Waals surface area contributed by atoms with Gasteiger partial charge in [0.2, 0.25) is 0 Å². The molecular formula is C15H24N2. The SMILES string of the molecule is CC(C)N1CCCC(CN)C1c1ccccc1. The van der Waals surface area contributed by atoms with E-state index in [2.05, 4.69) is 49.1 Å². The lowest BCUT2D eigenvalue weighted by Gasteiger charge is -2.43. The van der Waals surface area contributed by atoms with Crippen molar-refractivity contribution in [2.45, 2.75) is 38.8 Å². The summed E-state index contributed by atoms with van der Waals surface area (Å²) in [5.74, 6) is 0.605. The van der Waals surface area contributed by atoms with Gasteiger partial charge >= 0.3 is 0 Å². The third kappa shape index (κ3) is 2.70. The van der Waals surface area contributed by atoms with Crippen molar-refractivity contribution in [2.24, 2.45) is 11.7 Å². The fourth-order valence-electron chi connectivity index (χ4n) is 3.04. The second-order valence-corrected chi connectivity index (χ2v) is 5.33. The number of likely N-dealkylation sites (tertiary alicyclic amines) is 1. The first-order chi connectivity index (χ1) is 8.24. The predicted octanol–water partition coefficient (Wildman–Crippen LogP) is 2.81. The topological polar surface area (TPSA) is 29.3 Å². The maximum absolute atomic E-state index is 5.97. The van der Waals surface area contributed by atoms with Gasteiger partial charge in [-0.3, -0.25) is 4.90 Å². The number of benzene rings is 1. The molecular weight excluding hydrogens is 208 g/mol. The number of hydrogen-bond donors (Lipinski definition) is 1. The second kappa shape index (κ2) is 5.65. The molecule has 0 radical (unpaired) electrons. The molecule has 2 atom stereocenters. The van der Waals surface area contributed by atoms with Gasteiger partial charge in [0.15, 0.2) is 0 Å². The summed E-state index contributed by atoms with van der Waals surface area (Å²) < 4.78 is 0. The van der Waals surface area contributed by atoms with Crippen LogP contribution < -0.4 is 5.73 Å². The largest absolute Gasteiger partial charge is 0.330 e. The van der Waals surface area contributed by atoms with E-state index in [9.17, 15) is 0 Å². The molecule has 0 bridgehead atoms. The lowest BCUT2D eigenvalue weighted by atomic mass is 9.84. The highest BCUT2D eigenvalue weighted by Gasteiger charge is 2.32. The summed E-state index contributed by atoms with van der Waals surface area (Å²) in [5, 5.41) is 0. The first kappa shape index (κ1) is 12.6. The van der Waals surface area contributed by atoms with E-state index in [1.54, 1.807) is 0 Å². The molecule has 2 nitrogen and oxygen atoms in total. The summed E-state index contributed by atoms with van der Waals surface area (Å²) in [7, 11) is 0. The van der Waals surface area contributed by atoms with E-state index in [-0.39, 0.29) is 0 Å². The van der Waals surface area contributed by atoms with Crippen molar-refractivity contribution in [3.63, 3.8) is 0 Å². The van der Waals surface area contributed by atoms with Gasteiger partial charge in [-0.2, -0.15) is 0 Å². The van der Waals surface area contributed by atoms with Gasteiger partial charge in [-0.25, -0.2) is 0 Å². The van der Waals surface area contributed by atoms with E-state index in [1.807, 2.05) is 0 Å². The quantitative estimate of drug-likeness (QED) is 0.868. The molecule has 94 valence electrons. The average Bonchev–Trinajstić information content (AvgIpc) is 2.38. The Hall–Kier alpha value is -0.860. The normalized spacial score (nSPS) is 26.4. The van der Waals surface area contributed by atoms with Crippen molar-refractivity contribution < 1.29 is 0 Å². The molecule has 1 aromatic carbocycles. The first-order valence-corrected chi connectivity index (χ1v) is 6.74. The van der Waals surface area contributed by atoms with Gasteiger partial charge in [-0.1, -0.05) is 30.3 Å². The number of nitrogens with two attached hydrogens (primary N) is 1. The summed E-state index contributed by atoms with van der Waals surface area (Å²) in [5.41, 5.74) is 7.39. The average molecular weight is 232 g/mol. The van der Waals surface area contributed by atoms with Gasteiger partial charge in [0.05, 0.1) is 0 Å². The van der Waals surface area contributed by atoms with Gasteiger partial charge in [0.1, 0.15) is 0 Å². The molecule has 17 heavy (non-hydrogen) atoms. The molecule has 1 fully saturated rings. The Morgan fingerprint density at radius 1 is 1.29 bits per heavy atom. The van der Waals surface area contributed by atoms with E-state index < -0.39 is 0 Å². The molecule has 0 spiro atoms. The van der Waals surface area contributed by atoms with Gasteiger partial charge < -0.3 is 5.73 Å². The molecule has 0 amide bonds. The molecule has 2 N–H and O–H groups in total. The van der Waals surface area contributed by atoms with Gasteiger partial charge in [-0.15, -0.1) is 0 Å². The maximum Gasteiger partial charge on any atom is 0.0391 e. The number of nitrogens with zero attached hydrogens (tertiary/aromatic N) is 1. The number of rotatable bonds is 3. The molecule has 1 aliphatic rings. The van der Waals surface area contributed by atoms with Crippen LogP contribution >= 0.6 is 0 Å². The third-order valence-electron chi connectivity index (χ3n) is 3.90. The van der Waals surface area contributed by atoms with Crippen LogP contribution in [-0.2, 0) is 0 Å². The minimum Gasteiger partial charge on any atom is -0.330 e. The van der Waals surface area contributed by atoms with Crippen LogP contribution in [0, 0.1) is 5.92 Å².